The first-order chi connectivity index (χ1) is 9.78. The highest BCUT2D eigenvalue weighted by atomic mass is 16.5. The van der Waals surface area contributed by atoms with Gasteiger partial charge in [0.2, 0.25) is 0 Å². The fraction of sp³-hybridized carbons (Fsp3) is 0.600. The molecule has 0 bridgehead atoms. The molecule has 20 heavy (non-hydrogen) atoms. The van der Waals surface area contributed by atoms with E-state index >= 15 is 0 Å². The lowest BCUT2D eigenvalue weighted by Crippen LogP contribution is -2.41. The number of morpholine rings is 1. The summed E-state index contributed by atoms with van der Waals surface area (Å²) in [6, 6.07) is 6.36. The van der Waals surface area contributed by atoms with Crippen molar-refractivity contribution in [1.29, 1.82) is 0 Å². The van der Waals surface area contributed by atoms with E-state index in [0.29, 0.717) is 0 Å². The maximum absolute atomic E-state index is 5.39. The summed E-state index contributed by atoms with van der Waals surface area (Å²) in [7, 11) is 5.31. The van der Waals surface area contributed by atoms with Crippen molar-refractivity contribution in [2.45, 2.75) is 6.04 Å². The maximum Gasteiger partial charge on any atom is 0.161 e. The Balaban J connectivity index is 2.09. The molecule has 1 atom stereocenters. The van der Waals surface area contributed by atoms with E-state index in [0.717, 1.165) is 44.3 Å². The Morgan fingerprint density at radius 2 is 1.90 bits per heavy atom. The van der Waals surface area contributed by atoms with E-state index in [1.54, 1.807) is 14.2 Å². The Hall–Kier alpha value is -1.30. The normalized spacial score (nSPS) is 17.8. The lowest BCUT2D eigenvalue weighted by atomic mass is 10.1. The Bertz CT molecular complexity index is 420. The first-order valence-electron chi connectivity index (χ1n) is 6.97. The second-order valence-electron chi connectivity index (χ2n) is 4.87. The van der Waals surface area contributed by atoms with Crippen molar-refractivity contribution < 1.29 is 14.2 Å². The van der Waals surface area contributed by atoms with Gasteiger partial charge in [0.1, 0.15) is 0 Å². The number of nitrogens with zero attached hydrogens (tertiary/aromatic N) is 1. The van der Waals surface area contributed by atoms with Gasteiger partial charge in [0.15, 0.2) is 11.5 Å². The van der Waals surface area contributed by atoms with E-state index < -0.39 is 0 Å². The van der Waals surface area contributed by atoms with E-state index in [1.807, 2.05) is 19.2 Å². The molecule has 0 aliphatic carbocycles. The summed E-state index contributed by atoms with van der Waals surface area (Å²) in [6.45, 7) is 4.59. The van der Waals surface area contributed by atoms with E-state index in [2.05, 4.69) is 16.3 Å². The molecule has 1 aromatic carbocycles. The molecule has 1 aliphatic heterocycles. The zero-order valence-corrected chi connectivity index (χ0v) is 12.5. The van der Waals surface area contributed by atoms with Crippen molar-refractivity contribution in [2.24, 2.45) is 0 Å². The molecule has 5 nitrogen and oxygen atoms in total. The van der Waals surface area contributed by atoms with Crippen LogP contribution in [0.15, 0.2) is 18.2 Å². The molecule has 0 aromatic heterocycles. The van der Waals surface area contributed by atoms with E-state index in [-0.39, 0.29) is 6.04 Å². The number of nitrogens with one attached hydrogen (secondary N) is 1. The Labute approximate surface area is 120 Å². The largest absolute Gasteiger partial charge is 0.493 e. The number of rotatable bonds is 6. The van der Waals surface area contributed by atoms with Gasteiger partial charge in [-0.25, -0.2) is 0 Å². The molecular formula is C15H24N2O3. The molecule has 1 unspecified atom stereocenters. The second kappa shape index (κ2) is 7.47. The molecule has 1 saturated heterocycles. The molecule has 1 heterocycles. The van der Waals surface area contributed by atoms with Crippen LogP contribution in [0, 0.1) is 0 Å². The molecule has 1 aromatic rings. The van der Waals surface area contributed by atoms with Crippen LogP contribution in [0.3, 0.4) is 0 Å². The molecule has 0 amide bonds. The van der Waals surface area contributed by atoms with Crippen molar-refractivity contribution in [3.8, 4) is 11.5 Å². The monoisotopic (exact) mass is 280 g/mol. The van der Waals surface area contributed by atoms with Gasteiger partial charge in [0.05, 0.1) is 27.4 Å². The second-order valence-corrected chi connectivity index (χ2v) is 4.87. The topological polar surface area (TPSA) is 43.0 Å². The SMILES string of the molecule is CNC(CN1CCOCC1)c1ccc(OC)c(OC)c1. The molecule has 1 aliphatic rings. The van der Waals surface area contributed by atoms with Gasteiger partial charge >= 0.3 is 0 Å². The van der Waals surface area contributed by atoms with Crippen molar-refractivity contribution in [1.82, 2.24) is 10.2 Å². The minimum atomic E-state index is 0.271. The molecular weight excluding hydrogens is 256 g/mol. The van der Waals surface area contributed by atoms with Gasteiger partial charge in [-0.2, -0.15) is 0 Å². The fourth-order valence-electron chi connectivity index (χ4n) is 2.47. The highest BCUT2D eigenvalue weighted by Gasteiger charge is 2.18. The average Bonchev–Trinajstić information content (AvgIpc) is 2.53. The molecule has 5 heteroatoms. The van der Waals surface area contributed by atoms with Gasteiger partial charge in [-0.15, -0.1) is 0 Å². The summed E-state index contributed by atoms with van der Waals surface area (Å²) < 4.78 is 16.0. The van der Waals surface area contributed by atoms with Crippen molar-refractivity contribution in [3.05, 3.63) is 23.8 Å². The van der Waals surface area contributed by atoms with Crippen LogP contribution in [0.4, 0.5) is 0 Å². The third-order valence-corrected chi connectivity index (χ3v) is 3.70. The maximum atomic E-state index is 5.39. The molecule has 0 spiro atoms. The van der Waals surface area contributed by atoms with Crippen LogP contribution in [-0.2, 0) is 4.74 Å². The highest BCUT2D eigenvalue weighted by Crippen LogP contribution is 2.30. The number of methoxy groups -OCH3 is 2. The fourth-order valence-corrected chi connectivity index (χ4v) is 2.47. The van der Waals surface area contributed by atoms with Crippen LogP contribution in [0.5, 0.6) is 11.5 Å². The molecule has 112 valence electrons. The van der Waals surface area contributed by atoms with Crippen LogP contribution in [0.25, 0.3) is 0 Å². The lowest BCUT2D eigenvalue weighted by molar-refractivity contribution is 0.0338. The minimum absolute atomic E-state index is 0.271. The van der Waals surface area contributed by atoms with Gasteiger partial charge in [0, 0.05) is 25.7 Å². The van der Waals surface area contributed by atoms with Crippen molar-refractivity contribution in [2.75, 3.05) is 54.1 Å². The molecule has 0 saturated carbocycles. The van der Waals surface area contributed by atoms with Crippen LogP contribution in [-0.4, -0.2) is 59.0 Å². The smallest absolute Gasteiger partial charge is 0.161 e. The number of hydrogen-bond donors (Lipinski definition) is 1. The lowest BCUT2D eigenvalue weighted by Gasteiger charge is -2.30. The van der Waals surface area contributed by atoms with Crippen LogP contribution >= 0.6 is 0 Å². The standard InChI is InChI=1S/C15H24N2O3/c1-16-13(11-17-6-8-20-9-7-17)12-4-5-14(18-2)15(10-12)19-3/h4-5,10,13,16H,6-9,11H2,1-3H3. The number of ether oxygens (including phenoxy) is 3. The first kappa shape index (κ1) is 15.1. The first-order valence-corrected chi connectivity index (χ1v) is 6.97. The quantitative estimate of drug-likeness (QED) is 0.851. The van der Waals surface area contributed by atoms with Gasteiger partial charge in [-0.3, -0.25) is 4.90 Å². The zero-order chi connectivity index (χ0) is 14.4. The molecule has 2 rings (SSSR count). The average molecular weight is 280 g/mol. The summed E-state index contributed by atoms with van der Waals surface area (Å²) in [6.07, 6.45) is 0. The predicted molar refractivity (Wildman–Crippen MR) is 78.6 cm³/mol. The van der Waals surface area contributed by atoms with Gasteiger partial charge in [-0.05, 0) is 24.7 Å². The summed E-state index contributed by atoms with van der Waals surface area (Å²) in [4.78, 5) is 2.42. The van der Waals surface area contributed by atoms with Crippen molar-refractivity contribution >= 4 is 0 Å². The number of hydrogen-bond acceptors (Lipinski definition) is 5. The molecule has 0 radical (unpaired) electrons. The van der Waals surface area contributed by atoms with Crippen LogP contribution in [0.2, 0.25) is 0 Å². The highest BCUT2D eigenvalue weighted by molar-refractivity contribution is 5.43. The zero-order valence-electron chi connectivity index (χ0n) is 12.5. The predicted octanol–water partition coefficient (Wildman–Crippen LogP) is 1.30. The Morgan fingerprint density at radius 3 is 2.50 bits per heavy atom. The number of benzene rings is 1. The summed E-state index contributed by atoms with van der Waals surface area (Å²) in [5.41, 5.74) is 1.21. The summed E-state index contributed by atoms with van der Waals surface area (Å²) in [5, 5.41) is 3.38. The summed E-state index contributed by atoms with van der Waals surface area (Å²) >= 11 is 0. The Kier molecular flexibility index (Phi) is 5.64. The molecule has 1 N–H and O–H groups in total. The van der Waals surface area contributed by atoms with E-state index in [9.17, 15) is 0 Å². The van der Waals surface area contributed by atoms with Gasteiger partial charge < -0.3 is 19.5 Å². The Morgan fingerprint density at radius 1 is 1.20 bits per heavy atom. The molecule has 1 fully saturated rings. The summed E-state index contributed by atoms with van der Waals surface area (Å²) in [5.74, 6) is 1.53. The van der Waals surface area contributed by atoms with E-state index in [1.165, 1.54) is 5.56 Å². The minimum Gasteiger partial charge on any atom is -0.493 e. The van der Waals surface area contributed by atoms with Crippen LogP contribution < -0.4 is 14.8 Å². The van der Waals surface area contributed by atoms with Crippen LogP contribution in [0.1, 0.15) is 11.6 Å². The number of likely N-dealkylation sites (N-methyl/N-ethyl adjacent to an activating group) is 1. The van der Waals surface area contributed by atoms with E-state index in [4.69, 9.17) is 14.2 Å². The van der Waals surface area contributed by atoms with Gasteiger partial charge in [0.25, 0.3) is 0 Å². The van der Waals surface area contributed by atoms with Gasteiger partial charge in [-0.1, -0.05) is 6.07 Å². The third kappa shape index (κ3) is 3.62. The third-order valence-electron chi connectivity index (χ3n) is 3.70. The van der Waals surface area contributed by atoms with Crippen molar-refractivity contribution in [3.63, 3.8) is 0 Å².